The van der Waals surface area contributed by atoms with Gasteiger partial charge in [0, 0.05) is 29.7 Å². The summed E-state index contributed by atoms with van der Waals surface area (Å²) in [6.07, 6.45) is 5.34. The largest absolute Gasteiger partial charge is 0.497 e. The number of nitrogens with zero attached hydrogens (tertiary/aromatic N) is 3. The van der Waals surface area contributed by atoms with E-state index >= 15 is 0 Å². The van der Waals surface area contributed by atoms with Gasteiger partial charge in [0.1, 0.15) is 5.75 Å². The Hall–Kier alpha value is -3.91. The molecule has 8 heteroatoms. The third-order valence-corrected chi connectivity index (χ3v) is 7.50. The minimum absolute atomic E-state index is 0.193. The van der Waals surface area contributed by atoms with Crippen LogP contribution in [0.3, 0.4) is 0 Å². The van der Waals surface area contributed by atoms with Gasteiger partial charge >= 0.3 is 5.97 Å². The molecule has 37 heavy (non-hydrogen) atoms. The fourth-order valence-electron chi connectivity index (χ4n) is 4.88. The number of esters is 1. The van der Waals surface area contributed by atoms with Gasteiger partial charge in [-0.2, -0.15) is 0 Å². The molecule has 4 aromatic rings. The van der Waals surface area contributed by atoms with Crippen molar-refractivity contribution in [2.75, 3.05) is 13.7 Å². The molecule has 7 nitrogen and oxygen atoms in total. The highest BCUT2D eigenvalue weighted by atomic mass is 32.1. The molecule has 0 fully saturated rings. The molecule has 2 aromatic heterocycles. The maximum atomic E-state index is 14.0. The molecule has 0 saturated heterocycles. The van der Waals surface area contributed by atoms with E-state index in [9.17, 15) is 9.59 Å². The maximum absolute atomic E-state index is 14.0. The Bertz CT molecular complexity index is 1710. The number of rotatable bonds is 7. The van der Waals surface area contributed by atoms with Crippen LogP contribution in [0.4, 0.5) is 0 Å². The minimum atomic E-state index is -0.665. The minimum Gasteiger partial charge on any atom is -0.497 e. The van der Waals surface area contributed by atoms with Gasteiger partial charge in [0.15, 0.2) is 4.80 Å². The summed E-state index contributed by atoms with van der Waals surface area (Å²) in [5.41, 5.74) is 3.68. The van der Waals surface area contributed by atoms with Crippen molar-refractivity contribution in [2.24, 2.45) is 12.0 Å². The first kappa shape index (κ1) is 24.8. The van der Waals surface area contributed by atoms with Crippen molar-refractivity contribution in [1.29, 1.82) is 0 Å². The summed E-state index contributed by atoms with van der Waals surface area (Å²) in [6.45, 7) is 4.05. The van der Waals surface area contributed by atoms with Crippen LogP contribution in [0, 0.1) is 0 Å². The fraction of sp³-hybridized carbons (Fsp3) is 0.276. The molecular formula is C29H29N3O4S. The molecule has 1 atom stereocenters. The monoisotopic (exact) mass is 515 g/mol. The quantitative estimate of drug-likeness (QED) is 0.348. The van der Waals surface area contributed by atoms with Crippen molar-refractivity contribution in [3.8, 4) is 5.75 Å². The fourth-order valence-corrected chi connectivity index (χ4v) is 5.89. The number of aromatic nitrogens is 2. The number of carbonyl (C=O) groups is 1. The molecule has 0 bridgehead atoms. The second-order valence-electron chi connectivity index (χ2n) is 8.90. The molecule has 190 valence electrons. The normalized spacial score (nSPS) is 15.6. The van der Waals surface area contributed by atoms with Gasteiger partial charge in [-0.05, 0) is 43.2 Å². The Labute approximate surface area is 218 Å². The topological polar surface area (TPSA) is 74.8 Å². The number of ether oxygens (including phenoxy) is 2. The number of hydrogen-bond donors (Lipinski definition) is 0. The first-order chi connectivity index (χ1) is 18.0. The Morgan fingerprint density at radius 2 is 1.97 bits per heavy atom. The Morgan fingerprint density at radius 3 is 2.73 bits per heavy atom. The highest BCUT2D eigenvalue weighted by Gasteiger charge is 2.34. The summed E-state index contributed by atoms with van der Waals surface area (Å²) in [5, 5.41) is 1.07. The van der Waals surface area contributed by atoms with Crippen LogP contribution in [0.5, 0.6) is 5.75 Å². The zero-order valence-corrected chi connectivity index (χ0v) is 22.2. The molecule has 2 aromatic carbocycles. The second-order valence-corrected chi connectivity index (χ2v) is 9.91. The van der Waals surface area contributed by atoms with Crippen LogP contribution in [0.15, 0.2) is 75.8 Å². The highest BCUT2D eigenvalue weighted by Crippen LogP contribution is 2.34. The number of carbonyl (C=O) groups excluding carboxylic acids is 1. The lowest BCUT2D eigenvalue weighted by molar-refractivity contribution is -0.139. The van der Waals surface area contributed by atoms with E-state index < -0.39 is 12.0 Å². The number of benzene rings is 2. The lowest BCUT2D eigenvalue weighted by Gasteiger charge is -2.26. The number of methoxy groups -OCH3 is 1. The van der Waals surface area contributed by atoms with E-state index in [1.165, 1.54) is 11.3 Å². The first-order valence-corrected chi connectivity index (χ1v) is 13.2. The molecule has 3 heterocycles. The Balaban J connectivity index is 1.78. The average molecular weight is 516 g/mol. The van der Waals surface area contributed by atoms with Crippen LogP contribution in [0.1, 0.15) is 43.9 Å². The van der Waals surface area contributed by atoms with E-state index in [1.807, 2.05) is 62.6 Å². The van der Waals surface area contributed by atoms with E-state index in [-0.39, 0.29) is 12.2 Å². The standard InChI is InChI=1S/C29H29N3O4S/c1-5-10-22-25(28(34)36-6-2)26(18-11-9-12-20(15-18)35-4)32-27(33)24(37-29(32)30-22)16-19-17-31(3)23-14-8-7-13-21(19)23/h7-9,11-17,26H,5-6,10H2,1-4H3/b24-16-. The highest BCUT2D eigenvalue weighted by molar-refractivity contribution is 7.07. The lowest BCUT2D eigenvalue weighted by Crippen LogP contribution is -2.40. The predicted molar refractivity (Wildman–Crippen MR) is 146 cm³/mol. The van der Waals surface area contributed by atoms with Crippen LogP contribution in [-0.4, -0.2) is 28.8 Å². The molecule has 1 aliphatic rings. The number of fused-ring (bicyclic) bond motifs is 2. The number of allylic oxidation sites excluding steroid dienone is 1. The Kier molecular flexibility index (Phi) is 6.84. The summed E-state index contributed by atoms with van der Waals surface area (Å²) < 4.78 is 15.2. The van der Waals surface area contributed by atoms with Crippen molar-refractivity contribution in [1.82, 2.24) is 9.13 Å². The van der Waals surface area contributed by atoms with E-state index in [1.54, 1.807) is 18.6 Å². The van der Waals surface area contributed by atoms with Crippen LogP contribution >= 0.6 is 11.3 Å². The van der Waals surface area contributed by atoms with Gasteiger partial charge in [0.05, 0.1) is 35.6 Å². The lowest BCUT2D eigenvalue weighted by atomic mass is 9.94. The smallest absolute Gasteiger partial charge is 0.338 e. The predicted octanol–water partition coefficient (Wildman–Crippen LogP) is 4.08. The van der Waals surface area contributed by atoms with Crippen LogP contribution in [0.25, 0.3) is 17.0 Å². The molecule has 0 amide bonds. The number of thiazole rings is 1. The third kappa shape index (κ3) is 4.42. The molecule has 0 spiro atoms. The van der Waals surface area contributed by atoms with Gasteiger partial charge in [-0.25, -0.2) is 9.79 Å². The van der Waals surface area contributed by atoms with Crippen LogP contribution in [0.2, 0.25) is 0 Å². The van der Waals surface area contributed by atoms with Crippen molar-refractivity contribution < 1.29 is 14.3 Å². The third-order valence-electron chi connectivity index (χ3n) is 6.52. The molecule has 0 saturated carbocycles. The summed E-state index contributed by atoms with van der Waals surface area (Å²) in [6, 6.07) is 14.9. The molecule has 1 unspecified atom stereocenters. The van der Waals surface area contributed by atoms with Gasteiger partial charge in [-0.1, -0.05) is 55.0 Å². The summed E-state index contributed by atoms with van der Waals surface area (Å²) in [7, 11) is 3.59. The summed E-state index contributed by atoms with van der Waals surface area (Å²) >= 11 is 1.34. The zero-order chi connectivity index (χ0) is 26.1. The van der Waals surface area contributed by atoms with E-state index in [4.69, 9.17) is 14.5 Å². The number of aryl methyl sites for hydroxylation is 1. The van der Waals surface area contributed by atoms with Gasteiger partial charge in [0.2, 0.25) is 0 Å². The van der Waals surface area contributed by atoms with E-state index in [0.29, 0.717) is 32.8 Å². The van der Waals surface area contributed by atoms with E-state index in [0.717, 1.165) is 28.5 Å². The second kappa shape index (κ2) is 10.2. The van der Waals surface area contributed by atoms with Gasteiger partial charge in [-0.3, -0.25) is 9.36 Å². The molecule has 0 aliphatic carbocycles. The zero-order valence-electron chi connectivity index (χ0n) is 21.4. The SMILES string of the molecule is CCCC1=C(C(=O)OCC)C(c2cccc(OC)c2)n2c(s/c(=C\c3cn(C)c4ccccc34)c2=O)=N1. The number of para-hydroxylation sites is 1. The molecule has 1 aliphatic heterocycles. The molecular weight excluding hydrogens is 486 g/mol. The first-order valence-electron chi connectivity index (χ1n) is 12.4. The van der Waals surface area contributed by atoms with Gasteiger partial charge < -0.3 is 14.0 Å². The summed E-state index contributed by atoms with van der Waals surface area (Å²) in [5.74, 6) is 0.193. The molecule has 0 radical (unpaired) electrons. The van der Waals surface area contributed by atoms with Crippen molar-refractivity contribution in [3.05, 3.63) is 96.8 Å². The van der Waals surface area contributed by atoms with Gasteiger partial charge in [0.25, 0.3) is 5.56 Å². The molecule has 0 N–H and O–H groups in total. The number of hydrogen-bond acceptors (Lipinski definition) is 6. The maximum Gasteiger partial charge on any atom is 0.338 e. The van der Waals surface area contributed by atoms with Crippen molar-refractivity contribution in [3.63, 3.8) is 0 Å². The molecule has 5 rings (SSSR count). The summed E-state index contributed by atoms with van der Waals surface area (Å²) in [4.78, 5) is 32.7. The Morgan fingerprint density at radius 1 is 1.16 bits per heavy atom. The van der Waals surface area contributed by atoms with E-state index in [2.05, 4.69) is 16.7 Å². The van der Waals surface area contributed by atoms with Crippen molar-refractivity contribution >= 4 is 34.3 Å². The average Bonchev–Trinajstić information content (AvgIpc) is 3.39. The van der Waals surface area contributed by atoms with Crippen molar-refractivity contribution in [2.45, 2.75) is 32.7 Å². The van der Waals surface area contributed by atoms with Crippen LogP contribution in [-0.2, 0) is 16.6 Å². The van der Waals surface area contributed by atoms with Crippen LogP contribution < -0.4 is 19.6 Å². The van der Waals surface area contributed by atoms with Gasteiger partial charge in [-0.15, -0.1) is 0 Å².